The smallest absolute Gasteiger partial charge is 0.281 e. The highest BCUT2D eigenvalue weighted by Gasteiger charge is 2.24. The van der Waals surface area contributed by atoms with Crippen LogP contribution in [0.1, 0.15) is 24.2 Å². The fourth-order valence-electron chi connectivity index (χ4n) is 1.83. The van der Waals surface area contributed by atoms with Gasteiger partial charge in [-0.3, -0.25) is 19.3 Å². The van der Waals surface area contributed by atoms with E-state index < -0.39 is 11.8 Å². The average Bonchev–Trinajstić information content (AvgIpc) is 2.56. The molecule has 1 aromatic heterocycles. The first-order chi connectivity index (χ1) is 10.6. The van der Waals surface area contributed by atoms with Crippen molar-refractivity contribution < 1.29 is 19.2 Å². The van der Waals surface area contributed by atoms with Crippen molar-refractivity contribution in [2.75, 3.05) is 24.6 Å². The summed E-state index contributed by atoms with van der Waals surface area (Å²) in [5.41, 5.74) is 0.176. The molecule has 0 radical (unpaired) electrons. The van der Waals surface area contributed by atoms with Gasteiger partial charge in [-0.25, -0.2) is 10.0 Å². The fraction of sp³-hybridized carbons (Fsp3) is 0.333. The zero-order valence-corrected chi connectivity index (χ0v) is 12.7. The number of pyridine rings is 1. The lowest BCUT2D eigenvalue weighted by molar-refractivity contribution is -0.116. The summed E-state index contributed by atoms with van der Waals surface area (Å²) in [5, 5.41) is 1.18. The highest BCUT2D eigenvalue weighted by atomic mass is 16.7. The number of hydroxylamine groups is 2. The van der Waals surface area contributed by atoms with Gasteiger partial charge in [-0.1, -0.05) is 6.58 Å². The number of carbonyl (C=O) groups excluding carboxylic acids is 3. The Labute approximate surface area is 129 Å². The maximum atomic E-state index is 12.5. The Morgan fingerprint density at radius 3 is 2.68 bits per heavy atom. The first-order valence-electron chi connectivity index (χ1n) is 6.88. The summed E-state index contributed by atoms with van der Waals surface area (Å²) < 4.78 is 0. The van der Waals surface area contributed by atoms with Crippen LogP contribution in [-0.4, -0.2) is 47.8 Å². The summed E-state index contributed by atoms with van der Waals surface area (Å²) in [7, 11) is 0. The van der Waals surface area contributed by atoms with Crippen molar-refractivity contribution in [3.05, 3.63) is 36.5 Å². The minimum Gasteiger partial charge on any atom is -0.301 e. The molecular weight excluding hydrogens is 286 g/mol. The molecule has 0 atom stereocenters. The molecule has 0 unspecified atom stereocenters. The Hall–Kier alpha value is -2.54. The third kappa shape index (κ3) is 3.98. The summed E-state index contributed by atoms with van der Waals surface area (Å²) >= 11 is 0. The second-order valence-electron chi connectivity index (χ2n) is 4.11. The largest absolute Gasteiger partial charge is 0.301 e. The van der Waals surface area contributed by atoms with E-state index in [2.05, 4.69) is 11.6 Å². The summed E-state index contributed by atoms with van der Waals surface area (Å²) in [6, 6.07) is 3.11. The molecule has 118 valence electrons. The van der Waals surface area contributed by atoms with Crippen LogP contribution >= 0.6 is 0 Å². The Balaban J connectivity index is 3.26. The van der Waals surface area contributed by atoms with Crippen molar-refractivity contribution in [3.8, 4) is 0 Å². The van der Waals surface area contributed by atoms with E-state index in [1.165, 1.54) is 17.3 Å². The second-order valence-corrected chi connectivity index (χ2v) is 4.11. The van der Waals surface area contributed by atoms with Crippen LogP contribution in [0.25, 0.3) is 0 Å². The lowest BCUT2D eigenvalue weighted by atomic mass is 10.2. The zero-order valence-electron chi connectivity index (χ0n) is 12.7. The van der Waals surface area contributed by atoms with Gasteiger partial charge in [-0.05, 0) is 32.1 Å². The van der Waals surface area contributed by atoms with Crippen molar-refractivity contribution in [1.82, 2.24) is 10.0 Å². The minimum absolute atomic E-state index is 0.0997. The summed E-state index contributed by atoms with van der Waals surface area (Å²) in [6.07, 6.45) is 3.06. The number of nitrogens with zero attached hydrogens (tertiary/aromatic N) is 3. The number of anilines is 1. The van der Waals surface area contributed by atoms with Crippen LogP contribution in [0, 0.1) is 0 Å². The van der Waals surface area contributed by atoms with Gasteiger partial charge in [0.05, 0.1) is 18.7 Å². The number of aromatic nitrogens is 1. The van der Waals surface area contributed by atoms with Gasteiger partial charge in [0.25, 0.3) is 11.8 Å². The van der Waals surface area contributed by atoms with Gasteiger partial charge in [0, 0.05) is 12.7 Å². The minimum atomic E-state index is -0.515. The van der Waals surface area contributed by atoms with Crippen molar-refractivity contribution in [2.45, 2.75) is 13.8 Å². The Kier molecular flexibility index (Phi) is 6.91. The van der Waals surface area contributed by atoms with Crippen molar-refractivity contribution >= 4 is 23.9 Å². The van der Waals surface area contributed by atoms with Crippen LogP contribution in [0.15, 0.2) is 31.0 Å². The Bertz CT molecular complexity index is 559. The lowest BCUT2D eigenvalue weighted by Crippen LogP contribution is -2.36. The third-order valence-electron chi connectivity index (χ3n) is 2.77. The molecule has 1 heterocycles. The van der Waals surface area contributed by atoms with Gasteiger partial charge < -0.3 is 4.79 Å². The number of hydrogen-bond acceptors (Lipinski definition) is 5. The van der Waals surface area contributed by atoms with E-state index in [9.17, 15) is 14.4 Å². The van der Waals surface area contributed by atoms with Crippen LogP contribution in [-0.2, 0) is 14.4 Å². The average molecular weight is 305 g/mol. The highest BCUT2D eigenvalue weighted by molar-refractivity contribution is 6.07. The van der Waals surface area contributed by atoms with E-state index in [-0.39, 0.29) is 17.9 Å². The molecule has 0 aliphatic heterocycles. The summed E-state index contributed by atoms with van der Waals surface area (Å²) in [6.45, 7) is 7.37. The molecule has 0 aromatic carbocycles. The standard InChI is InChI=1S/C15H19N3O4/c1-4-13(20)17(10-11-19)14-12(8-7-9-16-14)15(21)18(5-2)22-6-3/h4,7-9,11H,1,5-6,10H2,2-3H3. The van der Waals surface area contributed by atoms with E-state index in [0.29, 0.717) is 19.4 Å². The molecule has 0 saturated carbocycles. The maximum Gasteiger partial charge on any atom is 0.281 e. The first kappa shape index (κ1) is 17.5. The van der Waals surface area contributed by atoms with E-state index in [1.807, 2.05) is 0 Å². The van der Waals surface area contributed by atoms with Crippen LogP contribution < -0.4 is 4.90 Å². The molecule has 0 fully saturated rings. The fourth-order valence-corrected chi connectivity index (χ4v) is 1.83. The van der Waals surface area contributed by atoms with Crippen molar-refractivity contribution in [1.29, 1.82) is 0 Å². The molecule has 7 nitrogen and oxygen atoms in total. The number of rotatable bonds is 8. The van der Waals surface area contributed by atoms with E-state index >= 15 is 0 Å². The molecular formula is C15H19N3O4. The normalized spacial score (nSPS) is 9.91. The van der Waals surface area contributed by atoms with Crippen molar-refractivity contribution in [3.63, 3.8) is 0 Å². The van der Waals surface area contributed by atoms with Crippen LogP contribution in [0.3, 0.4) is 0 Å². The molecule has 7 heteroatoms. The van der Waals surface area contributed by atoms with Gasteiger partial charge in [0.15, 0.2) is 0 Å². The van der Waals surface area contributed by atoms with Gasteiger partial charge >= 0.3 is 0 Å². The van der Waals surface area contributed by atoms with E-state index in [1.54, 1.807) is 19.9 Å². The quantitative estimate of drug-likeness (QED) is 0.410. The van der Waals surface area contributed by atoms with Gasteiger partial charge in [-0.2, -0.15) is 0 Å². The number of amides is 2. The molecule has 2 amide bonds. The van der Waals surface area contributed by atoms with E-state index in [4.69, 9.17) is 4.84 Å². The van der Waals surface area contributed by atoms with Gasteiger partial charge in [0.2, 0.25) is 0 Å². The number of carbonyl (C=O) groups is 3. The van der Waals surface area contributed by atoms with Gasteiger partial charge in [-0.15, -0.1) is 0 Å². The van der Waals surface area contributed by atoms with Crippen molar-refractivity contribution in [2.24, 2.45) is 0 Å². The monoisotopic (exact) mass is 305 g/mol. The molecule has 1 rings (SSSR count). The SMILES string of the molecule is C=CC(=O)N(CC=O)c1ncccc1C(=O)N(CC)OCC. The van der Waals surface area contributed by atoms with Crippen LogP contribution in [0.2, 0.25) is 0 Å². The molecule has 1 aromatic rings. The lowest BCUT2D eigenvalue weighted by Gasteiger charge is -2.23. The Morgan fingerprint density at radius 2 is 2.14 bits per heavy atom. The number of hydrogen-bond donors (Lipinski definition) is 0. The molecule has 0 aliphatic carbocycles. The Morgan fingerprint density at radius 1 is 1.41 bits per heavy atom. The highest BCUT2D eigenvalue weighted by Crippen LogP contribution is 2.19. The third-order valence-corrected chi connectivity index (χ3v) is 2.77. The molecule has 0 saturated heterocycles. The first-order valence-corrected chi connectivity index (χ1v) is 6.88. The zero-order chi connectivity index (χ0) is 16.5. The molecule has 0 aliphatic rings. The molecule has 0 bridgehead atoms. The predicted octanol–water partition coefficient (Wildman–Crippen LogP) is 1.21. The second kappa shape index (κ2) is 8.68. The predicted molar refractivity (Wildman–Crippen MR) is 81.2 cm³/mol. The summed E-state index contributed by atoms with van der Waals surface area (Å²) in [4.78, 5) is 45.6. The molecule has 0 spiro atoms. The number of aldehydes is 1. The summed E-state index contributed by atoms with van der Waals surface area (Å²) in [5.74, 6) is -0.845. The molecule has 22 heavy (non-hydrogen) atoms. The van der Waals surface area contributed by atoms with E-state index in [0.717, 1.165) is 11.0 Å². The maximum absolute atomic E-state index is 12.5. The van der Waals surface area contributed by atoms with Crippen LogP contribution in [0.4, 0.5) is 5.82 Å². The van der Waals surface area contributed by atoms with Gasteiger partial charge in [0.1, 0.15) is 12.1 Å². The topological polar surface area (TPSA) is 79.8 Å². The van der Waals surface area contributed by atoms with Crippen LogP contribution in [0.5, 0.6) is 0 Å². The molecule has 0 N–H and O–H groups in total.